The van der Waals surface area contributed by atoms with E-state index in [-0.39, 0.29) is 46.3 Å². The van der Waals surface area contributed by atoms with Gasteiger partial charge in [-0.05, 0) is 68.2 Å². The van der Waals surface area contributed by atoms with Crippen molar-refractivity contribution in [1.82, 2.24) is 7.85 Å². The van der Waals surface area contributed by atoms with Crippen molar-refractivity contribution in [3.05, 3.63) is 0 Å². The van der Waals surface area contributed by atoms with Gasteiger partial charge < -0.3 is 9.47 Å². The lowest BCUT2D eigenvalue weighted by atomic mass is 9.81. The molecule has 8 heteroatoms. The van der Waals surface area contributed by atoms with E-state index in [1.54, 1.807) is 0 Å². The van der Waals surface area contributed by atoms with Gasteiger partial charge in [0.2, 0.25) is 0 Å². The molecule has 0 bridgehead atoms. The van der Waals surface area contributed by atoms with Crippen molar-refractivity contribution >= 4 is 44.2 Å². The first-order valence-corrected chi connectivity index (χ1v) is 15.2. The Kier molecular flexibility index (Phi) is 11.4. The average Bonchev–Trinajstić information content (AvgIpc) is 2.71. The van der Waals surface area contributed by atoms with Crippen LogP contribution in [-0.2, 0) is 19.1 Å². The number of hydrogen-bond acceptors (Lipinski definition) is 6. The lowest BCUT2D eigenvalue weighted by Gasteiger charge is -2.51. The Morgan fingerprint density at radius 2 is 0.833 bits per heavy atom. The van der Waals surface area contributed by atoms with E-state index in [0.717, 1.165) is 64.2 Å². The average molecular weight is 639 g/mol. The van der Waals surface area contributed by atoms with Crippen molar-refractivity contribution in [2.75, 3.05) is 0 Å². The molecule has 2 heterocycles. The molecule has 2 saturated heterocycles. The first-order valence-electron chi connectivity index (χ1n) is 13.8. The van der Waals surface area contributed by atoms with Gasteiger partial charge >= 0.3 is 11.9 Å². The zero-order chi connectivity index (χ0) is 27.4. The molecule has 2 aliphatic heterocycles. The topological polar surface area (TPSA) is 59.1 Å². The molecule has 2 aliphatic rings. The van der Waals surface area contributed by atoms with Crippen LogP contribution in [0.15, 0.2) is 0 Å². The molecule has 0 aromatic heterocycles. The highest BCUT2D eigenvalue weighted by Gasteiger charge is 2.46. The van der Waals surface area contributed by atoms with Crippen LogP contribution in [0, 0.1) is 0 Å². The summed E-state index contributed by atoms with van der Waals surface area (Å²) in [5.74, 6) is -0.149. The molecular weight excluding hydrogens is 588 g/mol. The number of nitrogens with zero attached hydrogens (tertiary/aromatic N) is 2. The Morgan fingerprint density at radius 1 is 0.583 bits per heavy atom. The first-order chi connectivity index (χ1) is 16.5. The maximum Gasteiger partial charge on any atom is 0.306 e. The van der Waals surface area contributed by atoms with Crippen LogP contribution in [0.2, 0.25) is 0 Å². The van der Waals surface area contributed by atoms with Crippen molar-refractivity contribution in [2.24, 2.45) is 0 Å². The Morgan fingerprint density at radius 3 is 1.11 bits per heavy atom. The predicted molar refractivity (Wildman–Crippen MR) is 153 cm³/mol. The van der Waals surface area contributed by atoms with Crippen LogP contribution in [-0.4, -0.2) is 54.2 Å². The van der Waals surface area contributed by atoms with Gasteiger partial charge in [0.25, 0.3) is 0 Å². The fraction of sp³-hybridized carbons (Fsp3) is 0.929. The summed E-state index contributed by atoms with van der Waals surface area (Å²) in [5, 5.41) is 0. The highest BCUT2D eigenvalue weighted by molar-refractivity contribution is 9.07. The predicted octanol–water partition coefficient (Wildman–Crippen LogP) is 7.86. The second kappa shape index (κ2) is 12.8. The van der Waals surface area contributed by atoms with Gasteiger partial charge in [-0.25, -0.2) is 7.85 Å². The summed E-state index contributed by atoms with van der Waals surface area (Å²) in [6.07, 6.45) is 10.2. The molecule has 6 nitrogen and oxygen atoms in total. The Balaban J connectivity index is 1.54. The quantitative estimate of drug-likeness (QED) is 0.131. The molecule has 0 aliphatic carbocycles. The van der Waals surface area contributed by atoms with Crippen LogP contribution in [0.1, 0.15) is 132 Å². The van der Waals surface area contributed by atoms with Crippen molar-refractivity contribution in [2.45, 2.75) is 167 Å². The van der Waals surface area contributed by atoms with Gasteiger partial charge in [-0.2, -0.15) is 0 Å². The third kappa shape index (κ3) is 9.23. The molecule has 0 radical (unpaired) electrons. The molecule has 2 fully saturated rings. The van der Waals surface area contributed by atoms with Gasteiger partial charge in [0.05, 0.1) is 0 Å². The minimum atomic E-state index is -0.0746. The molecule has 0 spiro atoms. The van der Waals surface area contributed by atoms with Crippen LogP contribution in [0.5, 0.6) is 0 Å². The van der Waals surface area contributed by atoms with Crippen LogP contribution >= 0.6 is 32.3 Å². The van der Waals surface area contributed by atoms with Crippen molar-refractivity contribution in [1.29, 1.82) is 0 Å². The normalized spacial score (nSPS) is 24.4. The number of carbonyl (C=O) groups excluding carboxylic acids is 2. The fourth-order valence-electron chi connectivity index (χ4n) is 6.23. The maximum absolute atomic E-state index is 12.4. The number of unbranched alkanes of at least 4 members (excludes halogenated alkanes) is 5. The molecule has 0 N–H and O–H groups in total. The van der Waals surface area contributed by atoms with Gasteiger partial charge in [0.15, 0.2) is 0 Å². The molecule has 0 aromatic carbocycles. The van der Waals surface area contributed by atoms with E-state index >= 15 is 0 Å². The first kappa shape index (κ1) is 32.0. The van der Waals surface area contributed by atoms with Crippen molar-refractivity contribution in [3.8, 4) is 0 Å². The van der Waals surface area contributed by atoms with Gasteiger partial charge in [-0.1, -0.05) is 25.7 Å². The largest absolute Gasteiger partial charge is 0.462 e. The summed E-state index contributed by atoms with van der Waals surface area (Å²) in [4.78, 5) is 24.8. The zero-order valence-electron chi connectivity index (χ0n) is 23.9. The minimum Gasteiger partial charge on any atom is -0.462 e. The summed E-state index contributed by atoms with van der Waals surface area (Å²) in [6, 6.07) is 0. The van der Waals surface area contributed by atoms with Crippen LogP contribution in [0.25, 0.3) is 0 Å². The number of carbonyl (C=O) groups is 2. The van der Waals surface area contributed by atoms with Crippen LogP contribution < -0.4 is 0 Å². The summed E-state index contributed by atoms with van der Waals surface area (Å²) < 4.78 is 16.1. The highest BCUT2D eigenvalue weighted by atomic mass is 79.9. The Bertz CT molecular complexity index is 656. The summed E-state index contributed by atoms with van der Waals surface area (Å²) in [6.45, 7) is 17.4. The number of halogens is 2. The third-order valence-electron chi connectivity index (χ3n) is 7.64. The Hall–Kier alpha value is -0.180. The number of ether oxygens (including phenoxy) is 2. The lowest BCUT2D eigenvalue weighted by Crippen LogP contribution is -2.57. The molecular formula is C28H50Br2N2O4. The van der Waals surface area contributed by atoms with E-state index in [0.29, 0.717) is 12.8 Å². The molecule has 0 atom stereocenters. The molecule has 36 heavy (non-hydrogen) atoms. The fourth-order valence-corrected chi connectivity index (χ4v) is 6.81. The third-order valence-corrected chi connectivity index (χ3v) is 11.5. The Labute approximate surface area is 237 Å². The smallest absolute Gasteiger partial charge is 0.306 e. The van der Waals surface area contributed by atoms with E-state index in [9.17, 15) is 9.59 Å². The monoisotopic (exact) mass is 636 g/mol. The second-order valence-corrected chi connectivity index (χ2v) is 14.9. The number of piperidine rings is 2. The van der Waals surface area contributed by atoms with Crippen molar-refractivity contribution < 1.29 is 19.1 Å². The second-order valence-electron chi connectivity index (χ2n) is 13.5. The van der Waals surface area contributed by atoms with E-state index < -0.39 is 0 Å². The number of rotatable bonds is 11. The molecule has 2 rings (SSSR count). The summed E-state index contributed by atoms with van der Waals surface area (Å²) in [5.41, 5.74) is -0.232. The lowest BCUT2D eigenvalue weighted by molar-refractivity contribution is -0.156. The van der Waals surface area contributed by atoms with Gasteiger partial charge in [-0.3, -0.25) is 9.59 Å². The molecule has 0 aromatic rings. The standard InChI is InChI=1S/C28H50Br2N2O4/c1-25(2)17-21(18-26(3,4)31(25)29)35-23(33)15-13-11-9-10-12-14-16-24(34)36-22-19-27(5,6)32(30)28(7,8)20-22/h21-22H,9-20H2,1-8H3. The van der Waals surface area contributed by atoms with Crippen LogP contribution in [0.4, 0.5) is 0 Å². The van der Waals surface area contributed by atoms with Gasteiger partial charge in [-0.15, -0.1) is 0 Å². The van der Waals surface area contributed by atoms with Gasteiger partial charge in [0.1, 0.15) is 12.2 Å². The summed E-state index contributed by atoms with van der Waals surface area (Å²) >= 11 is 7.41. The maximum atomic E-state index is 12.4. The molecule has 210 valence electrons. The van der Waals surface area contributed by atoms with Crippen LogP contribution in [0.3, 0.4) is 0 Å². The van der Waals surface area contributed by atoms with E-state index in [1.165, 1.54) is 0 Å². The van der Waals surface area contributed by atoms with Gasteiger partial charge in [0, 0.05) is 93.0 Å². The zero-order valence-corrected chi connectivity index (χ0v) is 27.1. The molecule has 0 unspecified atom stereocenters. The van der Waals surface area contributed by atoms with Crippen molar-refractivity contribution in [3.63, 3.8) is 0 Å². The van der Waals surface area contributed by atoms with E-state index in [4.69, 9.17) is 9.47 Å². The summed E-state index contributed by atoms with van der Waals surface area (Å²) in [7, 11) is 0. The highest BCUT2D eigenvalue weighted by Crippen LogP contribution is 2.43. The number of esters is 2. The van der Waals surface area contributed by atoms with E-state index in [2.05, 4.69) is 95.5 Å². The molecule has 0 saturated carbocycles. The molecule has 0 amide bonds. The van der Waals surface area contributed by atoms with E-state index in [1.807, 2.05) is 0 Å². The minimum absolute atomic E-state index is 0.0276. The number of hydrogen-bond donors (Lipinski definition) is 0. The SMILES string of the molecule is CC1(C)CC(OC(=O)CCCCCCCCC(=O)OC2CC(C)(C)N(Br)C(C)(C)C2)CC(C)(C)N1Br.